The summed E-state index contributed by atoms with van der Waals surface area (Å²) >= 11 is 0. The van der Waals surface area contributed by atoms with Crippen molar-refractivity contribution in [3.8, 4) is 0 Å². The van der Waals surface area contributed by atoms with E-state index in [2.05, 4.69) is 5.32 Å². The number of rotatable bonds is 9. The Labute approximate surface area is 147 Å². The van der Waals surface area contributed by atoms with Crippen LogP contribution in [0.15, 0.2) is 18.2 Å². The topological polar surface area (TPSA) is 95.9 Å². The summed E-state index contributed by atoms with van der Waals surface area (Å²) in [5.74, 6) is -1.23. The third-order valence-electron chi connectivity index (χ3n) is 3.30. The van der Waals surface area contributed by atoms with Gasteiger partial charge in [0.25, 0.3) is 0 Å². The second kappa shape index (κ2) is 9.17. The van der Waals surface area contributed by atoms with Gasteiger partial charge in [-0.05, 0) is 58.2 Å². The van der Waals surface area contributed by atoms with Crippen molar-refractivity contribution in [3.63, 3.8) is 0 Å². The highest BCUT2D eigenvalue weighted by Gasteiger charge is 2.16. The van der Waals surface area contributed by atoms with Crippen LogP contribution in [-0.4, -0.2) is 40.6 Å². The van der Waals surface area contributed by atoms with Crippen molar-refractivity contribution < 1.29 is 24.3 Å². The Morgan fingerprint density at radius 1 is 1.28 bits per heavy atom. The van der Waals surface area contributed by atoms with E-state index in [1.54, 1.807) is 13.0 Å². The zero-order valence-corrected chi connectivity index (χ0v) is 15.2. The number of hydroxylamine groups is 2. The number of carboxylic acid groups (broad SMARTS) is 1. The van der Waals surface area contributed by atoms with Gasteiger partial charge in [0.05, 0.1) is 11.2 Å². The Morgan fingerprint density at radius 3 is 2.52 bits per heavy atom. The van der Waals surface area contributed by atoms with Gasteiger partial charge in [-0.3, -0.25) is 14.4 Å². The van der Waals surface area contributed by atoms with E-state index in [9.17, 15) is 14.4 Å². The maximum atomic E-state index is 12.0. The third kappa shape index (κ3) is 7.80. The number of nitrogens with zero attached hydrogens (tertiary/aromatic N) is 1. The normalized spacial score (nSPS) is 11.0. The summed E-state index contributed by atoms with van der Waals surface area (Å²) in [5, 5.41) is 13.0. The molecular weight excluding hydrogens is 324 g/mol. The Bertz CT molecular complexity index is 622. The summed E-state index contributed by atoms with van der Waals surface area (Å²) in [4.78, 5) is 39.4. The van der Waals surface area contributed by atoms with Gasteiger partial charge in [-0.25, -0.2) is 9.86 Å². The lowest BCUT2D eigenvalue weighted by Gasteiger charge is -2.26. The van der Waals surface area contributed by atoms with E-state index in [0.29, 0.717) is 31.5 Å². The Hall–Kier alpha value is -2.41. The van der Waals surface area contributed by atoms with Gasteiger partial charge < -0.3 is 10.4 Å². The molecule has 7 heteroatoms. The first-order valence-corrected chi connectivity index (χ1v) is 8.17. The first-order chi connectivity index (χ1) is 11.6. The summed E-state index contributed by atoms with van der Waals surface area (Å²) in [6, 6.07) is 4.60. The number of unbranched alkanes of at least 4 members (excludes halogenated alkanes) is 1. The van der Waals surface area contributed by atoms with Crippen LogP contribution in [0.5, 0.6) is 0 Å². The van der Waals surface area contributed by atoms with E-state index in [1.807, 2.05) is 20.8 Å². The summed E-state index contributed by atoms with van der Waals surface area (Å²) in [6.45, 7) is 7.76. The highest BCUT2D eigenvalue weighted by Crippen LogP contribution is 2.17. The van der Waals surface area contributed by atoms with Crippen LogP contribution in [-0.2, 0) is 14.4 Å². The third-order valence-corrected chi connectivity index (χ3v) is 3.30. The first kappa shape index (κ1) is 20.6. The number of hydrogen-bond acceptors (Lipinski definition) is 4. The van der Waals surface area contributed by atoms with Crippen LogP contribution in [0, 0.1) is 6.92 Å². The molecule has 0 bridgehead atoms. The zero-order chi connectivity index (χ0) is 19.0. The van der Waals surface area contributed by atoms with Crippen LogP contribution in [0.1, 0.15) is 56.0 Å². The summed E-state index contributed by atoms with van der Waals surface area (Å²) in [7, 11) is 0. The van der Waals surface area contributed by atoms with Gasteiger partial charge in [0.2, 0.25) is 12.3 Å². The standard InChI is InChI=1S/C18H26N2O5/c1-13-8-9-14(17(23)24)11-15(13)19-16(22)7-5-6-10-20(12-21)25-18(2,3)4/h8-9,11-12H,5-7,10H2,1-4H3,(H,19,22)(H,23,24). The van der Waals surface area contributed by atoms with E-state index in [-0.39, 0.29) is 17.9 Å². The minimum atomic E-state index is -1.04. The van der Waals surface area contributed by atoms with E-state index in [4.69, 9.17) is 9.94 Å². The van der Waals surface area contributed by atoms with Gasteiger partial charge in [-0.1, -0.05) is 6.07 Å². The number of amides is 2. The van der Waals surface area contributed by atoms with Crippen molar-refractivity contribution in [1.82, 2.24) is 5.06 Å². The predicted octanol–water partition coefficient (Wildman–Crippen LogP) is 2.99. The largest absolute Gasteiger partial charge is 0.478 e. The molecule has 1 rings (SSSR count). The van der Waals surface area contributed by atoms with Gasteiger partial charge in [-0.2, -0.15) is 0 Å². The lowest BCUT2D eigenvalue weighted by atomic mass is 10.1. The molecule has 0 aliphatic heterocycles. The molecule has 0 aliphatic carbocycles. The molecule has 1 aromatic carbocycles. The monoisotopic (exact) mass is 350 g/mol. The van der Waals surface area contributed by atoms with Crippen LogP contribution >= 0.6 is 0 Å². The molecule has 0 saturated carbocycles. The van der Waals surface area contributed by atoms with E-state index in [0.717, 1.165) is 5.56 Å². The van der Waals surface area contributed by atoms with E-state index >= 15 is 0 Å². The van der Waals surface area contributed by atoms with E-state index in [1.165, 1.54) is 17.2 Å². The summed E-state index contributed by atoms with van der Waals surface area (Å²) < 4.78 is 0. The molecule has 138 valence electrons. The maximum Gasteiger partial charge on any atom is 0.335 e. The molecular formula is C18H26N2O5. The van der Waals surface area contributed by atoms with Crippen LogP contribution in [0.2, 0.25) is 0 Å². The second-order valence-electron chi connectivity index (χ2n) is 6.79. The van der Waals surface area contributed by atoms with Crippen molar-refractivity contribution >= 4 is 24.0 Å². The molecule has 0 atom stereocenters. The zero-order valence-electron chi connectivity index (χ0n) is 15.2. The van der Waals surface area contributed by atoms with Crippen molar-refractivity contribution in [2.45, 2.75) is 52.6 Å². The van der Waals surface area contributed by atoms with Gasteiger partial charge in [0, 0.05) is 18.7 Å². The molecule has 0 heterocycles. The number of benzene rings is 1. The number of hydrogen-bond donors (Lipinski definition) is 2. The lowest BCUT2D eigenvalue weighted by Crippen LogP contribution is -2.33. The average Bonchev–Trinajstić information content (AvgIpc) is 2.51. The predicted molar refractivity (Wildman–Crippen MR) is 94.2 cm³/mol. The fourth-order valence-electron chi connectivity index (χ4n) is 2.13. The molecule has 0 saturated heterocycles. The average molecular weight is 350 g/mol. The lowest BCUT2D eigenvalue weighted by molar-refractivity contribution is -0.216. The molecule has 0 aromatic heterocycles. The van der Waals surface area contributed by atoms with Crippen LogP contribution in [0.3, 0.4) is 0 Å². The molecule has 2 amide bonds. The smallest absolute Gasteiger partial charge is 0.335 e. The Morgan fingerprint density at radius 2 is 1.96 bits per heavy atom. The highest BCUT2D eigenvalue weighted by atomic mass is 16.7. The Kier molecular flexibility index (Phi) is 7.57. The van der Waals surface area contributed by atoms with Crippen LogP contribution in [0.4, 0.5) is 5.69 Å². The number of aryl methyl sites for hydroxylation is 1. The van der Waals surface area contributed by atoms with Gasteiger partial charge in [0.15, 0.2) is 0 Å². The fourth-order valence-corrected chi connectivity index (χ4v) is 2.13. The van der Waals surface area contributed by atoms with Crippen molar-refractivity contribution in [2.75, 3.05) is 11.9 Å². The minimum absolute atomic E-state index is 0.127. The molecule has 0 unspecified atom stereocenters. The molecule has 7 nitrogen and oxygen atoms in total. The fraction of sp³-hybridized carbons (Fsp3) is 0.500. The molecule has 0 aliphatic rings. The van der Waals surface area contributed by atoms with Gasteiger partial charge in [-0.15, -0.1) is 0 Å². The number of carbonyl (C=O) groups is 3. The molecule has 1 aromatic rings. The number of anilines is 1. The summed E-state index contributed by atoms with van der Waals surface area (Å²) in [6.07, 6.45) is 2.11. The van der Waals surface area contributed by atoms with Crippen molar-refractivity contribution in [1.29, 1.82) is 0 Å². The Balaban J connectivity index is 2.44. The number of nitrogens with one attached hydrogen (secondary N) is 1. The maximum absolute atomic E-state index is 12.0. The second-order valence-corrected chi connectivity index (χ2v) is 6.79. The number of carbonyl (C=O) groups excluding carboxylic acids is 2. The molecule has 0 fully saturated rings. The van der Waals surface area contributed by atoms with Crippen molar-refractivity contribution in [3.05, 3.63) is 29.3 Å². The van der Waals surface area contributed by atoms with Gasteiger partial charge in [0.1, 0.15) is 0 Å². The molecule has 0 spiro atoms. The number of carboxylic acids is 1. The van der Waals surface area contributed by atoms with E-state index < -0.39 is 11.6 Å². The molecule has 2 N–H and O–H groups in total. The number of aromatic carboxylic acids is 1. The van der Waals surface area contributed by atoms with Crippen molar-refractivity contribution in [2.24, 2.45) is 0 Å². The molecule has 25 heavy (non-hydrogen) atoms. The van der Waals surface area contributed by atoms with Gasteiger partial charge >= 0.3 is 5.97 Å². The first-order valence-electron chi connectivity index (χ1n) is 8.17. The SMILES string of the molecule is Cc1ccc(C(=O)O)cc1NC(=O)CCCCN(C=O)OC(C)(C)C. The minimum Gasteiger partial charge on any atom is -0.478 e. The van der Waals surface area contributed by atoms with Crippen LogP contribution in [0.25, 0.3) is 0 Å². The summed E-state index contributed by atoms with van der Waals surface area (Å²) in [5.41, 5.74) is 0.965. The van der Waals surface area contributed by atoms with Crippen LogP contribution < -0.4 is 5.32 Å². The molecule has 0 radical (unpaired) electrons. The highest BCUT2D eigenvalue weighted by molar-refractivity contribution is 5.94. The quantitative estimate of drug-likeness (QED) is 0.405.